The predicted molar refractivity (Wildman–Crippen MR) is 79.9 cm³/mol. The molecular weight excluding hydrogens is 248 g/mol. The summed E-state index contributed by atoms with van der Waals surface area (Å²) < 4.78 is 0. The Morgan fingerprint density at radius 3 is 2.65 bits per heavy atom. The third kappa shape index (κ3) is 3.07. The van der Waals surface area contributed by atoms with Gasteiger partial charge in [-0.05, 0) is 12.3 Å². The van der Waals surface area contributed by atoms with Crippen LogP contribution < -0.4 is 5.73 Å². The van der Waals surface area contributed by atoms with E-state index in [1.807, 2.05) is 30.3 Å². The van der Waals surface area contributed by atoms with Crippen molar-refractivity contribution in [2.45, 2.75) is 44.6 Å². The standard InChI is InChI=1S/C16H22N4/c17-14(11-12-7-3-1-4-8-12)16-18-15(19-20-16)13-9-5-2-6-10-13/h2,5-6,9-10,12,14H,1,3-4,7-8,11,17H2,(H,18,19,20)/t14-/m1/s1. The molecule has 106 valence electrons. The maximum absolute atomic E-state index is 6.28. The van der Waals surface area contributed by atoms with E-state index in [0.29, 0.717) is 0 Å². The Morgan fingerprint density at radius 1 is 1.15 bits per heavy atom. The molecule has 20 heavy (non-hydrogen) atoms. The van der Waals surface area contributed by atoms with E-state index in [0.717, 1.165) is 29.6 Å². The normalized spacial score (nSPS) is 18.1. The number of hydrogen-bond donors (Lipinski definition) is 2. The van der Waals surface area contributed by atoms with Crippen molar-refractivity contribution < 1.29 is 0 Å². The quantitative estimate of drug-likeness (QED) is 0.894. The lowest BCUT2D eigenvalue weighted by Gasteiger charge is -2.23. The number of nitrogens with zero attached hydrogens (tertiary/aromatic N) is 2. The maximum atomic E-state index is 6.28. The van der Waals surface area contributed by atoms with E-state index in [1.165, 1.54) is 32.1 Å². The average molecular weight is 270 g/mol. The zero-order chi connectivity index (χ0) is 13.8. The van der Waals surface area contributed by atoms with Crippen LogP contribution in [0, 0.1) is 5.92 Å². The smallest absolute Gasteiger partial charge is 0.181 e. The van der Waals surface area contributed by atoms with Gasteiger partial charge in [0.2, 0.25) is 0 Å². The monoisotopic (exact) mass is 270 g/mol. The molecule has 1 fully saturated rings. The molecule has 4 nitrogen and oxygen atoms in total. The second kappa shape index (κ2) is 6.18. The van der Waals surface area contributed by atoms with Crippen molar-refractivity contribution in [1.82, 2.24) is 15.2 Å². The van der Waals surface area contributed by atoms with Crippen LogP contribution in [-0.2, 0) is 0 Å². The highest BCUT2D eigenvalue weighted by Gasteiger charge is 2.20. The fourth-order valence-corrected chi connectivity index (χ4v) is 3.05. The average Bonchev–Trinajstić information content (AvgIpc) is 2.99. The van der Waals surface area contributed by atoms with Crippen LogP contribution >= 0.6 is 0 Å². The van der Waals surface area contributed by atoms with Crippen molar-refractivity contribution in [2.75, 3.05) is 0 Å². The molecule has 1 atom stereocenters. The van der Waals surface area contributed by atoms with Crippen molar-refractivity contribution in [2.24, 2.45) is 11.7 Å². The Morgan fingerprint density at radius 2 is 1.90 bits per heavy atom. The van der Waals surface area contributed by atoms with Gasteiger partial charge in [-0.1, -0.05) is 62.4 Å². The SMILES string of the molecule is N[C@H](CC1CCCCC1)c1nc(-c2ccccc2)n[nH]1. The van der Waals surface area contributed by atoms with Crippen LogP contribution in [0.4, 0.5) is 0 Å². The van der Waals surface area contributed by atoms with Gasteiger partial charge in [0.05, 0.1) is 6.04 Å². The first kappa shape index (κ1) is 13.3. The minimum Gasteiger partial charge on any atom is -0.321 e. The van der Waals surface area contributed by atoms with Crippen LogP contribution in [0.1, 0.15) is 50.4 Å². The number of nitrogens with two attached hydrogens (primary N) is 1. The second-order valence-corrected chi connectivity index (χ2v) is 5.76. The molecule has 1 heterocycles. The lowest BCUT2D eigenvalue weighted by molar-refractivity contribution is 0.316. The molecule has 1 aromatic carbocycles. The number of aromatic amines is 1. The molecule has 0 spiro atoms. The molecule has 1 aliphatic rings. The molecule has 0 bridgehead atoms. The van der Waals surface area contributed by atoms with E-state index in [9.17, 15) is 0 Å². The molecule has 3 N–H and O–H groups in total. The van der Waals surface area contributed by atoms with Crippen LogP contribution in [0.15, 0.2) is 30.3 Å². The van der Waals surface area contributed by atoms with Crippen molar-refractivity contribution in [3.05, 3.63) is 36.2 Å². The minimum absolute atomic E-state index is 0.0249. The molecule has 3 rings (SSSR count). The Labute approximate surface area is 119 Å². The minimum atomic E-state index is -0.0249. The van der Waals surface area contributed by atoms with Crippen LogP contribution in [0.5, 0.6) is 0 Å². The van der Waals surface area contributed by atoms with Gasteiger partial charge in [-0.3, -0.25) is 5.10 Å². The summed E-state index contributed by atoms with van der Waals surface area (Å²) in [5.74, 6) is 2.30. The van der Waals surface area contributed by atoms with Crippen molar-refractivity contribution in [1.29, 1.82) is 0 Å². The fourth-order valence-electron chi connectivity index (χ4n) is 3.05. The molecule has 1 saturated carbocycles. The van der Waals surface area contributed by atoms with Crippen molar-refractivity contribution in [3.63, 3.8) is 0 Å². The Hall–Kier alpha value is -1.68. The number of hydrogen-bond acceptors (Lipinski definition) is 3. The van der Waals surface area contributed by atoms with Crippen LogP contribution in [0.25, 0.3) is 11.4 Å². The van der Waals surface area contributed by atoms with E-state index < -0.39 is 0 Å². The van der Waals surface area contributed by atoms with Gasteiger partial charge in [-0.25, -0.2) is 4.98 Å². The van der Waals surface area contributed by atoms with Gasteiger partial charge >= 0.3 is 0 Å². The number of aromatic nitrogens is 3. The highest BCUT2D eigenvalue weighted by Crippen LogP contribution is 2.30. The fraction of sp³-hybridized carbons (Fsp3) is 0.500. The van der Waals surface area contributed by atoms with Crippen LogP contribution in [0.2, 0.25) is 0 Å². The van der Waals surface area contributed by atoms with Gasteiger partial charge in [0.25, 0.3) is 0 Å². The number of benzene rings is 1. The zero-order valence-corrected chi connectivity index (χ0v) is 11.8. The lowest BCUT2D eigenvalue weighted by Crippen LogP contribution is -2.18. The molecule has 0 radical (unpaired) electrons. The number of H-pyrrole nitrogens is 1. The van der Waals surface area contributed by atoms with Gasteiger partial charge in [0.1, 0.15) is 5.82 Å². The molecule has 4 heteroatoms. The van der Waals surface area contributed by atoms with Gasteiger partial charge in [-0.15, -0.1) is 0 Å². The molecule has 0 aliphatic heterocycles. The molecule has 2 aromatic rings. The van der Waals surface area contributed by atoms with E-state index in [4.69, 9.17) is 5.73 Å². The summed E-state index contributed by atoms with van der Waals surface area (Å²) in [5.41, 5.74) is 7.31. The maximum Gasteiger partial charge on any atom is 0.181 e. The summed E-state index contributed by atoms with van der Waals surface area (Å²) in [6.07, 6.45) is 7.72. The van der Waals surface area contributed by atoms with Crippen LogP contribution in [-0.4, -0.2) is 15.2 Å². The van der Waals surface area contributed by atoms with Crippen LogP contribution in [0.3, 0.4) is 0 Å². The summed E-state index contributed by atoms with van der Waals surface area (Å²) >= 11 is 0. The zero-order valence-electron chi connectivity index (χ0n) is 11.8. The summed E-state index contributed by atoms with van der Waals surface area (Å²) in [6.45, 7) is 0. The first-order valence-electron chi connectivity index (χ1n) is 7.56. The Kier molecular flexibility index (Phi) is 4.11. The topological polar surface area (TPSA) is 67.6 Å². The highest BCUT2D eigenvalue weighted by molar-refractivity contribution is 5.53. The van der Waals surface area contributed by atoms with E-state index >= 15 is 0 Å². The number of rotatable bonds is 4. The van der Waals surface area contributed by atoms with Gasteiger partial charge in [0.15, 0.2) is 5.82 Å². The molecule has 0 unspecified atom stereocenters. The first-order valence-corrected chi connectivity index (χ1v) is 7.56. The highest BCUT2D eigenvalue weighted by atomic mass is 15.2. The lowest BCUT2D eigenvalue weighted by atomic mass is 9.85. The van der Waals surface area contributed by atoms with Gasteiger partial charge in [0, 0.05) is 5.56 Å². The van der Waals surface area contributed by atoms with E-state index in [1.54, 1.807) is 0 Å². The van der Waals surface area contributed by atoms with Crippen molar-refractivity contribution in [3.8, 4) is 11.4 Å². The van der Waals surface area contributed by atoms with E-state index in [-0.39, 0.29) is 6.04 Å². The van der Waals surface area contributed by atoms with Crippen molar-refractivity contribution >= 4 is 0 Å². The molecular formula is C16H22N4. The van der Waals surface area contributed by atoms with Gasteiger partial charge in [-0.2, -0.15) is 5.10 Å². The Balaban J connectivity index is 1.66. The molecule has 1 aliphatic carbocycles. The summed E-state index contributed by atoms with van der Waals surface area (Å²) in [6, 6.07) is 9.98. The molecule has 0 saturated heterocycles. The van der Waals surface area contributed by atoms with Gasteiger partial charge < -0.3 is 5.73 Å². The first-order chi connectivity index (χ1) is 9.83. The predicted octanol–water partition coefficient (Wildman–Crippen LogP) is 3.44. The largest absolute Gasteiger partial charge is 0.321 e. The molecule has 0 amide bonds. The second-order valence-electron chi connectivity index (χ2n) is 5.76. The molecule has 1 aromatic heterocycles. The summed E-state index contributed by atoms with van der Waals surface area (Å²) in [5, 5.41) is 7.29. The summed E-state index contributed by atoms with van der Waals surface area (Å²) in [7, 11) is 0. The Bertz CT molecular complexity index is 528. The van der Waals surface area contributed by atoms with E-state index in [2.05, 4.69) is 15.2 Å². The third-order valence-electron chi connectivity index (χ3n) is 4.20. The number of nitrogens with one attached hydrogen (secondary N) is 1. The summed E-state index contributed by atoms with van der Waals surface area (Å²) in [4.78, 5) is 4.55. The third-order valence-corrected chi connectivity index (χ3v) is 4.20.